The van der Waals surface area contributed by atoms with Gasteiger partial charge >= 0.3 is 0 Å². The van der Waals surface area contributed by atoms with Gasteiger partial charge in [0.1, 0.15) is 0 Å². The van der Waals surface area contributed by atoms with Crippen LogP contribution >= 0.6 is 0 Å². The molecule has 0 bridgehead atoms. The van der Waals surface area contributed by atoms with Crippen molar-refractivity contribution in [2.45, 2.75) is 20.4 Å². The summed E-state index contributed by atoms with van der Waals surface area (Å²) in [5.74, 6) is -0.0316. The topological polar surface area (TPSA) is 46.3 Å². The first kappa shape index (κ1) is 11.7. The van der Waals surface area contributed by atoms with Gasteiger partial charge in [-0.15, -0.1) is 0 Å². The Balaban J connectivity index is 2.80. The van der Waals surface area contributed by atoms with Crippen LogP contribution in [0.15, 0.2) is 18.2 Å². The minimum absolute atomic E-state index is 0.0316. The molecule has 1 rings (SSSR count). The molecule has 0 unspecified atom stereocenters. The van der Waals surface area contributed by atoms with Gasteiger partial charge in [0.2, 0.25) is 5.91 Å². The van der Waals surface area contributed by atoms with Crippen molar-refractivity contribution in [3.05, 3.63) is 34.9 Å². The van der Waals surface area contributed by atoms with Gasteiger partial charge in [-0.05, 0) is 25.0 Å². The normalized spacial score (nSPS) is 10.1. The third kappa shape index (κ3) is 3.06. The maximum Gasteiger partial charge on any atom is 0.236 e. The average molecular weight is 206 g/mol. The quantitative estimate of drug-likeness (QED) is 0.808. The Morgan fingerprint density at radius 3 is 2.67 bits per heavy atom. The summed E-state index contributed by atoms with van der Waals surface area (Å²) in [5.41, 5.74) is 8.90. The van der Waals surface area contributed by atoms with Crippen LogP contribution in [0.4, 0.5) is 0 Å². The lowest BCUT2D eigenvalue weighted by Gasteiger charge is -2.18. The minimum atomic E-state index is -0.0316. The molecule has 0 spiro atoms. The summed E-state index contributed by atoms with van der Waals surface area (Å²) in [6.45, 7) is 4.80. The predicted molar refractivity (Wildman–Crippen MR) is 61.4 cm³/mol. The standard InChI is InChI=1S/C12H18N2O/c1-9-4-5-10(2)11(6-9)8-14(3)12(15)7-13/h4-6H,7-8,13H2,1-3H3. The van der Waals surface area contributed by atoms with E-state index < -0.39 is 0 Å². The Morgan fingerprint density at radius 2 is 2.07 bits per heavy atom. The number of likely N-dealkylation sites (N-methyl/N-ethyl adjacent to an activating group) is 1. The van der Waals surface area contributed by atoms with E-state index in [1.54, 1.807) is 11.9 Å². The molecular weight excluding hydrogens is 188 g/mol. The van der Waals surface area contributed by atoms with Crippen molar-refractivity contribution in [2.75, 3.05) is 13.6 Å². The Hall–Kier alpha value is -1.35. The van der Waals surface area contributed by atoms with Gasteiger partial charge in [-0.3, -0.25) is 4.79 Å². The second-order valence-electron chi connectivity index (χ2n) is 3.88. The lowest BCUT2D eigenvalue weighted by Crippen LogP contribution is -2.32. The van der Waals surface area contributed by atoms with E-state index in [1.807, 2.05) is 6.92 Å². The van der Waals surface area contributed by atoms with E-state index in [-0.39, 0.29) is 12.5 Å². The first-order valence-corrected chi connectivity index (χ1v) is 5.04. The van der Waals surface area contributed by atoms with Gasteiger partial charge in [-0.1, -0.05) is 23.8 Å². The van der Waals surface area contributed by atoms with E-state index in [0.29, 0.717) is 6.54 Å². The van der Waals surface area contributed by atoms with E-state index in [9.17, 15) is 4.79 Å². The number of rotatable bonds is 3. The molecule has 0 atom stereocenters. The summed E-state index contributed by atoms with van der Waals surface area (Å²) < 4.78 is 0. The average Bonchev–Trinajstić information content (AvgIpc) is 2.22. The maximum absolute atomic E-state index is 11.3. The Kier molecular flexibility index (Phi) is 3.86. The van der Waals surface area contributed by atoms with Crippen LogP contribution in [0, 0.1) is 13.8 Å². The third-order valence-electron chi connectivity index (χ3n) is 2.51. The summed E-state index contributed by atoms with van der Waals surface area (Å²) in [6.07, 6.45) is 0. The van der Waals surface area contributed by atoms with Crippen LogP contribution in [0.1, 0.15) is 16.7 Å². The Morgan fingerprint density at radius 1 is 1.40 bits per heavy atom. The molecule has 0 saturated carbocycles. The number of nitrogens with two attached hydrogens (primary N) is 1. The fraction of sp³-hybridized carbons (Fsp3) is 0.417. The van der Waals surface area contributed by atoms with Crippen molar-refractivity contribution >= 4 is 5.91 Å². The van der Waals surface area contributed by atoms with E-state index in [2.05, 4.69) is 25.1 Å². The highest BCUT2D eigenvalue weighted by molar-refractivity contribution is 5.77. The van der Waals surface area contributed by atoms with Crippen molar-refractivity contribution in [1.29, 1.82) is 0 Å². The molecule has 0 aromatic heterocycles. The fourth-order valence-electron chi connectivity index (χ4n) is 1.47. The number of aryl methyl sites for hydroxylation is 2. The highest BCUT2D eigenvalue weighted by atomic mass is 16.2. The number of carbonyl (C=O) groups is 1. The van der Waals surface area contributed by atoms with Crippen LogP contribution in [-0.2, 0) is 11.3 Å². The maximum atomic E-state index is 11.3. The van der Waals surface area contributed by atoms with Crippen molar-refractivity contribution < 1.29 is 4.79 Å². The molecule has 1 amide bonds. The van der Waals surface area contributed by atoms with Gasteiger partial charge < -0.3 is 10.6 Å². The zero-order valence-corrected chi connectivity index (χ0v) is 9.58. The lowest BCUT2D eigenvalue weighted by atomic mass is 10.1. The van der Waals surface area contributed by atoms with E-state index in [0.717, 1.165) is 0 Å². The van der Waals surface area contributed by atoms with Gasteiger partial charge in [-0.2, -0.15) is 0 Å². The molecule has 0 aliphatic carbocycles. The molecule has 0 radical (unpaired) electrons. The molecule has 0 fully saturated rings. The van der Waals surface area contributed by atoms with Crippen molar-refractivity contribution in [1.82, 2.24) is 4.90 Å². The van der Waals surface area contributed by atoms with Crippen LogP contribution in [0.3, 0.4) is 0 Å². The van der Waals surface area contributed by atoms with Crippen LogP contribution in [0.25, 0.3) is 0 Å². The van der Waals surface area contributed by atoms with Crippen LogP contribution in [0.2, 0.25) is 0 Å². The second kappa shape index (κ2) is 4.94. The first-order chi connectivity index (χ1) is 7.04. The fourth-order valence-corrected chi connectivity index (χ4v) is 1.47. The van der Waals surface area contributed by atoms with Gasteiger partial charge in [0, 0.05) is 13.6 Å². The summed E-state index contributed by atoms with van der Waals surface area (Å²) in [7, 11) is 1.77. The van der Waals surface area contributed by atoms with Crippen molar-refractivity contribution in [3.63, 3.8) is 0 Å². The van der Waals surface area contributed by atoms with Crippen molar-refractivity contribution in [3.8, 4) is 0 Å². The molecular formula is C12H18N2O. The molecule has 3 heteroatoms. The molecule has 15 heavy (non-hydrogen) atoms. The second-order valence-corrected chi connectivity index (χ2v) is 3.88. The molecule has 0 saturated heterocycles. The molecule has 2 N–H and O–H groups in total. The molecule has 0 aliphatic heterocycles. The summed E-state index contributed by atoms with van der Waals surface area (Å²) in [4.78, 5) is 13.0. The molecule has 0 heterocycles. The third-order valence-corrected chi connectivity index (χ3v) is 2.51. The summed E-state index contributed by atoms with van der Waals surface area (Å²) >= 11 is 0. The number of benzene rings is 1. The Bertz CT molecular complexity index is 361. The first-order valence-electron chi connectivity index (χ1n) is 5.04. The number of hydrogen-bond donors (Lipinski definition) is 1. The minimum Gasteiger partial charge on any atom is -0.340 e. The van der Waals surface area contributed by atoms with Gasteiger partial charge in [0.15, 0.2) is 0 Å². The highest BCUT2D eigenvalue weighted by Gasteiger charge is 2.08. The van der Waals surface area contributed by atoms with Crippen molar-refractivity contribution in [2.24, 2.45) is 5.73 Å². The molecule has 0 aliphatic rings. The molecule has 1 aromatic rings. The molecule has 82 valence electrons. The van der Waals surface area contributed by atoms with Gasteiger partial charge in [0.25, 0.3) is 0 Å². The number of nitrogens with zero attached hydrogens (tertiary/aromatic N) is 1. The van der Waals surface area contributed by atoms with Crippen LogP contribution < -0.4 is 5.73 Å². The van der Waals surface area contributed by atoms with Crippen LogP contribution in [0.5, 0.6) is 0 Å². The summed E-state index contributed by atoms with van der Waals surface area (Å²) in [6, 6.07) is 6.25. The SMILES string of the molecule is Cc1ccc(C)c(CN(C)C(=O)CN)c1. The van der Waals surface area contributed by atoms with E-state index in [4.69, 9.17) is 5.73 Å². The predicted octanol–water partition coefficient (Wildman–Crippen LogP) is 1.22. The lowest BCUT2D eigenvalue weighted by molar-refractivity contribution is -0.128. The largest absolute Gasteiger partial charge is 0.340 e. The zero-order chi connectivity index (χ0) is 11.4. The number of hydrogen-bond acceptors (Lipinski definition) is 2. The molecule has 1 aromatic carbocycles. The number of amides is 1. The van der Waals surface area contributed by atoms with E-state index >= 15 is 0 Å². The van der Waals surface area contributed by atoms with E-state index in [1.165, 1.54) is 16.7 Å². The number of carbonyl (C=O) groups excluding carboxylic acids is 1. The smallest absolute Gasteiger partial charge is 0.236 e. The zero-order valence-electron chi connectivity index (χ0n) is 9.58. The highest BCUT2D eigenvalue weighted by Crippen LogP contribution is 2.12. The van der Waals surface area contributed by atoms with Gasteiger partial charge in [-0.25, -0.2) is 0 Å². The monoisotopic (exact) mass is 206 g/mol. The van der Waals surface area contributed by atoms with Crippen LogP contribution in [-0.4, -0.2) is 24.4 Å². The molecule has 3 nitrogen and oxygen atoms in total. The van der Waals surface area contributed by atoms with Gasteiger partial charge in [0.05, 0.1) is 6.54 Å². The Labute approximate surface area is 90.9 Å². The summed E-state index contributed by atoms with van der Waals surface area (Å²) in [5, 5.41) is 0.